The Morgan fingerprint density at radius 3 is 2.62 bits per heavy atom. The highest BCUT2D eigenvalue weighted by molar-refractivity contribution is 9.09. The molecule has 3 heteroatoms. The van der Waals surface area contributed by atoms with Gasteiger partial charge < -0.3 is 5.73 Å². The van der Waals surface area contributed by atoms with Crippen LogP contribution in [0.25, 0.3) is 0 Å². The lowest BCUT2D eigenvalue weighted by Gasteiger charge is -2.21. The first-order valence-electron chi connectivity index (χ1n) is 8.86. The third kappa shape index (κ3) is 9.07. The van der Waals surface area contributed by atoms with Gasteiger partial charge in [-0.2, -0.15) is 0 Å². The Hall–Kier alpha value is -1.35. The summed E-state index contributed by atoms with van der Waals surface area (Å²) in [6, 6.07) is 10.6. The van der Waals surface area contributed by atoms with E-state index in [1.54, 1.807) is 0 Å². The number of amides is 1. The molecule has 0 radical (unpaired) electrons. The minimum absolute atomic E-state index is 0.158. The molecule has 1 rings (SSSR count). The van der Waals surface area contributed by atoms with Gasteiger partial charge in [-0.05, 0) is 43.2 Å². The Labute approximate surface area is 155 Å². The second kappa shape index (κ2) is 12.1. The van der Waals surface area contributed by atoms with E-state index in [1.165, 1.54) is 36.5 Å². The van der Waals surface area contributed by atoms with E-state index >= 15 is 0 Å². The molecule has 2 atom stereocenters. The van der Waals surface area contributed by atoms with Crippen LogP contribution in [0.5, 0.6) is 0 Å². The van der Waals surface area contributed by atoms with Crippen molar-refractivity contribution in [1.82, 2.24) is 0 Å². The van der Waals surface area contributed by atoms with Crippen molar-refractivity contribution in [2.24, 2.45) is 11.7 Å². The lowest BCUT2D eigenvalue weighted by molar-refractivity contribution is -0.113. The van der Waals surface area contributed by atoms with Gasteiger partial charge in [0.05, 0.1) is 0 Å². The fourth-order valence-corrected chi connectivity index (χ4v) is 3.44. The van der Waals surface area contributed by atoms with Gasteiger partial charge in [0, 0.05) is 4.83 Å². The highest BCUT2D eigenvalue weighted by atomic mass is 79.9. The summed E-state index contributed by atoms with van der Waals surface area (Å²) >= 11 is 3.64. The topological polar surface area (TPSA) is 43.1 Å². The molecular formula is C21H30BrNO. The van der Waals surface area contributed by atoms with E-state index in [-0.39, 0.29) is 4.83 Å². The summed E-state index contributed by atoms with van der Waals surface area (Å²) in [7, 11) is 0. The molecule has 0 aromatic heterocycles. The quantitative estimate of drug-likeness (QED) is 0.215. The Bertz CT molecular complexity index is 524. The summed E-state index contributed by atoms with van der Waals surface area (Å²) in [4.78, 5) is 11.0. The predicted octanol–water partition coefficient (Wildman–Crippen LogP) is 5.57. The summed E-state index contributed by atoms with van der Waals surface area (Å²) in [5, 5.41) is 0. The Morgan fingerprint density at radius 1 is 1.29 bits per heavy atom. The van der Waals surface area contributed by atoms with Crippen LogP contribution in [0.1, 0.15) is 51.0 Å². The minimum atomic E-state index is -0.398. The van der Waals surface area contributed by atoms with Gasteiger partial charge in [-0.1, -0.05) is 90.7 Å². The molecule has 0 aliphatic rings. The molecule has 2 N–H and O–H groups in total. The van der Waals surface area contributed by atoms with Crippen molar-refractivity contribution < 1.29 is 4.79 Å². The molecule has 1 amide bonds. The van der Waals surface area contributed by atoms with Gasteiger partial charge in [0.25, 0.3) is 0 Å². The first kappa shape index (κ1) is 20.7. The third-order valence-electron chi connectivity index (χ3n) is 4.29. The third-order valence-corrected chi connectivity index (χ3v) is 4.97. The monoisotopic (exact) mass is 391 g/mol. The fraction of sp³-hybridized carbons (Fsp3) is 0.476. The van der Waals surface area contributed by atoms with E-state index in [2.05, 4.69) is 53.7 Å². The maximum Gasteiger partial charge on any atom is 0.241 e. The molecule has 0 aliphatic heterocycles. The zero-order chi connectivity index (χ0) is 17.8. The van der Waals surface area contributed by atoms with Gasteiger partial charge in [-0.15, -0.1) is 0 Å². The first-order valence-corrected chi connectivity index (χ1v) is 9.77. The number of nitrogens with two attached hydrogens (primary N) is 1. The maximum absolute atomic E-state index is 10.9. The van der Waals surface area contributed by atoms with Crippen molar-refractivity contribution in [1.29, 1.82) is 0 Å². The predicted molar refractivity (Wildman–Crippen MR) is 107 cm³/mol. The second-order valence-corrected chi connectivity index (χ2v) is 7.53. The van der Waals surface area contributed by atoms with Crippen LogP contribution >= 0.6 is 15.9 Å². The van der Waals surface area contributed by atoms with Crippen LogP contribution in [0.2, 0.25) is 0 Å². The summed E-state index contributed by atoms with van der Waals surface area (Å²) in [6.45, 7) is 6.58. The average molecular weight is 392 g/mol. The molecule has 0 saturated heterocycles. The number of carbonyl (C=O) groups is 1. The number of hydrogen-bond donors (Lipinski definition) is 1. The van der Waals surface area contributed by atoms with Crippen LogP contribution in [0.15, 0.2) is 54.6 Å². The normalized spacial score (nSPS) is 13.8. The number of benzene rings is 1. The van der Waals surface area contributed by atoms with Crippen molar-refractivity contribution in [2.45, 2.75) is 56.7 Å². The van der Waals surface area contributed by atoms with Crippen LogP contribution in [-0.2, 0) is 11.2 Å². The van der Waals surface area contributed by atoms with E-state index in [9.17, 15) is 4.79 Å². The smallest absolute Gasteiger partial charge is 0.241 e. The number of aryl methyl sites for hydroxylation is 1. The van der Waals surface area contributed by atoms with Crippen LogP contribution in [0, 0.1) is 5.92 Å². The molecule has 1 aromatic carbocycles. The van der Waals surface area contributed by atoms with Gasteiger partial charge in [0.1, 0.15) is 0 Å². The molecule has 0 bridgehead atoms. The van der Waals surface area contributed by atoms with E-state index in [4.69, 9.17) is 5.73 Å². The van der Waals surface area contributed by atoms with Crippen molar-refractivity contribution in [2.75, 3.05) is 0 Å². The molecular weight excluding hydrogens is 362 g/mol. The summed E-state index contributed by atoms with van der Waals surface area (Å²) in [5.41, 5.74) is 7.85. The molecule has 0 heterocycles. The molecule has 2 nitrogen and oxygen atoms in total. The van der Waals surface area contributed by atoms with Gasteiger partial charge in [0.15, 0.2) is 0 Å². The van der Waals surface area contributed by atoms with Gasteiger partial charge >= 0.3 is 0 Å². The minimum Gasteiger partial charge on any atom is -0.366 e. The lowest BCUT2D eigenvalue weighted by atomic mass is 9.86. The molecule has 0 spiro atoms. The zero-order valence-electron chi connectivity index (χ0n) is 14.7. The number of hydrogen-bond acceptors (Lipinski definition) is 1. The molecule has 0 saturated carbocycles. The van der Waals surface area contributed by atoms with Crippen LogP contribution in [-0.4, -0.2) is 10.7 Å². The largest absolute Gasteiger partial charge is 0.366 e. The standard InChI is InChI=1S/C21H30BrNO/c1-3-4-6-11-19(16-20(22)14-15-21(23)24)17(2)12-13-18-9-7-5-8-10-18/h5,7-10,14-15,19-20H,2-4,6,11-13,16H2,1H3,(H2,23,24)/b15-14+. The molecule has 0 fully saturated rings. The zero-order valence-corrected chi connectivity index (χ0v) is 16.3. The van der Waals surface area contributed by atoms with Crippen molar-refractivity contribution >= 4 is 21.8 Å². The van der Waals surface area contributed by atoms with E-state index < -0.39 is 5.91 Å². The average Bonchev–Trinajstić information content (AvgIpc) is 2.58. The first-order chi connectivity index (χ1) is 11.5. The van der Waals surface area contributed by atoms with Crippen molar-refractivity contribution in [3.8, 4) is 0 Å². The van der Waals surface area contributed by atoms with Gasteiger partial charge in [0.2, 0.25) is 5.91 Å². The Morgan fingerprint density at radius 2 is 2.00 bits per heavy atom. The second-order valence-electron chi connectivity index (χ2n) is 6.35. The SMILES string of the molecule is C=C(CCc1ccccc1)C(CCCCC)CC(Br)/C=C/C(N)=O. The lowest BCUT2D eigenvalue weighted by Crippen LogP contribution is -2.12. The van der Waals surface area contributed by atoms with Crippen LogP contribution < -0.4 is 5.73 Å². The highest BCUT2D eigenvalue weighted by Crippen LogP contribution is 2.28. The molecule has 0 aliphatic carbocycles. The fourth-order valence-electron chi connectivity index (χ4n) is 2.83. The molecule has 2 unspecified atom stereocenters. The Kier molecular flexibility index (Phi) is 10.4. The number of halogens is 1. The molecule has 1 aromatic rings. The number of unbranched alkanes of at least 4 members (excludes halogenated alkanes) is 2. The van der Waals surface area contributed by atoms with E-state index in [1.807, 2.05) is 12.1 Å². The van der Waals surface area contributed by atoms with Crippen molar-refractivity contribution in [3.05, 3.63) is 60.2 Å². The summed E-state index contributed by atoms with van der Waals surface area (Å²) in [6.07, 6.45) is 11.2. The number of alkyl halides is 1. The van der Waals surface area contributed by atoms with E-state index in [0.29, 0.717) is 5.92 Å². The molecule has 24 heavy (non-hydrogen) atoms. The van der Waals surface area contributed by atoms with Gasteiger partial charge in [-0.3, -0.25) is 4.79 Å². The molecule has 132 valence electrons. The summed E-state index contributed by atoms with van der Waals surface area (Å²) in [5.74, 6) is 0.0760. The number of rotatable bonds is 12. The number of primary amides is 1. The highest BCUT2D eigenvalue weighted by Gasteiger charge is 2.16. The number of carbonyl (C=O) groups excluding carboxylic acids is 1. The summed E-state index contributed by atoms with van der Waals surface area (Å²) < 4.78 is 0. The maximum atomic E-state index is 10.9. The van der Waals surface area contributed by atoms with Crippen LogP contribution in [0.4, 0.5) is 0 Å². The van der Waals surface area contributed by atoms with E-state index in [0.717, 1.165) is 25.7 Å². The van der Waals surface area contributed by atoms with Crippen molar-refractivity contribution in [3.63, 3.8) is 0 Å². The van der Waals surface area contributed by atoms with Gasteiger partial charge in [-0.25, -0.2) is 0 Å². The van der Waals surface area contributed by atoms with Crippen LogP contribution in [0.3, 0.4) is 0 Å². The number of allylic oxidation sites excluding steroid dienone is 2. The Balaban J connectivity index is 2.58.